The Morgan fingerprint density at radius 1 is 1.30 bits per heavy atom. The number of nitrogens with one attached hydrogen (secondary N) is 1. The summed E-state index contributed by atoms with van der Waals surface area (Å²) in [4.78, 5) is 2.47. The minimum atomic E-state index is 0. The molecule has 0 unspecified atom stereocenters. The summed E-state index contributed by atoms with van der Waals surface area (Å²) in [6, 6.07) is 4.58. The molecule has 1 aromatic rings. The van der Waals surface area contributed by atoms with Crippen molar-refractivity contribution < 1.29 is 9.47 Å². The topological polar surface area (TPSA) is 33.7 Å². The number of rotatable bonds is 4. The molecule has 1 aliphatic heterocycles. The Morgan fingerprint density at radius 3 is 2.55 bits per heavy atom. The zero-order chi connectivity index (χ0) is 13.8. The maximum absolute atomic E-state index is 5.37. The van der Waals surface area contributed by atoms with Crippen molar-refractivity contribution in [2.75, 3.05) is 33.9 Å². The fraction of sp³-hybridized carbons (Fsp3) is 0.571. The summed E-state index contributed by atoms with van der Waals surface area (Å²) in [5.74, 6) is 1.54. The third-order valence-electron chi connectivity index (χ3n) is 3.56. The Balaban J connectivity index is 0.00000200. The van der Waals surface area contributed by atoms with Crippen molar-refractivity contribution in [1.29, 1.82) is 0 Å². The Labute approximate surface area is 135 Å². The fourth-order valence-corrected chi connectivity index (χ4v) is 2.80. The second kappa shape index (κ2) is 8.08. The van der Waals surface area contributed by atoms with Gasteiger partial charge in [0.25, 0.3) is 0 Å². The minimum absolute atomic E-state index is 0. The first-order valence-corrected chi connectivity index (χ1v) is 7.30. The highest BCUT2D eigenvalue weighted by molar-refractivity contribution is 9.10. The molecular weight excluding hydrogens is 344 g/mol. The summed E-state index contributed by atoms with van der Waals surface area (Å²) < 4.78 is 11.7. The molecule has 2 rings (SSSR count). The van der Waals surface area contributed by atoms with Crippen molar-refractivity contribution in [3.05, 3.63) is 22.2 Å². The number of halogens is 2. The van der Waals surface area contributed by atoms with Gasteiger partial charge in [-0.15, -0.1) is 12.4 Å². The van der Waals surface area contributed by atoms with Crippen LogP contribution in [0.5, 0.6) is 11.5 Å². The smallest absolute Gasteiger partial charge is 0.161 e. The van der Waals surface area contributed by atoms with Crippen molar-refractivity contribution in [2.24, 2.45) is 0 Å². The van der Waals surface area contributed by atoms with Gasteiger partial charge in [-0.25, -0.2) is 0 Å². The van der Waals surface area contributed by atoms with Crippen molar-refractivity contribution in [1.82, 2.24) is 10.2 Å². The molecule has 0 aromatic heterocycles. The largest absolute Gasteiger partial charge is 0.493 e. The van der Waals surface area contributed by atoms with Crippen molar-refractivity contribution in [3.8, 4) is 11.5 Å². The van der Waals surface area contributed by atoms with E-state index in [9.17, 15) is 0 Å². The summed E-state index contributed by atoms with van der Waals surface area (Å²) in [5.41, 5.74) is 1.23. The molecule has 0 aliphatic carbocycles. The van der Waals surface area contributed by atoms with E-state index in [1.54, 1.807) is 14.2 Å². The predicted octanol–water partition coefficient (Wildman–Crippen LogP) is 2.68. The second-order valence-corrected chi connectivity index (χ2v) is 5.68. The van der Waals surface area contributed by atoms with Crippen LogP contribution >= 0.6 is 28.3 Å². The molecule has 6 heteroatoms. The monoisotopic (exact) mass is 364 g/mol. The lowest BCUT2D eigenvalue weighted by Crippen LogP contribution is -2.49. The quantitative estimate of drug-likeness (QED) is 0.889. The molecule has 1 saturated heterocycles. The summed E-state index contributed by atoms with van der Waals surface area (Å²) in [7, 11) is 3.32. The minimum Gasteiger partial charge on any atom is -0.493 e. The number of hydrogen-bond donors (Lipinski definition) is 1. The van der Waals surface area contributed by atoms with Crippen LogP contribution in [0, 0.1) is 0 Å². The van der Waals surface area contributed by atoms with Crippen LogP contribution in [0.25, 0.3) is 0 Å². The van der Waals surface area contributed by atoms with E-state index in [-0.39, 0.29) is 12.4 Å². The first kappa shape index (κ1) is 17.6. The lowest BCUT2D eigenvalue weighted by Gasteiger charge is -2.34. The van der Waals surface area contributed by atoms with Gasteiger partial charge < -0.3 is 14.8 Å². The van der Waals surface area contributed by atoms with E-state index in [1.807, 2.05) is 6.07 Å². The number of benzene rings is 1. The first-order chi connectivity index (χ1) is 9.15. The van der Waals surface area contributed by atoms with Crippen LogP contribution in [0.15, 0.2) is 16.6 Å². The number of piperazine rings is 1. The van der Waals surface area contributed by atoms with Crippen LogP contribution in [0.2, 0.25) is 0 Å². The molecule has 1 aromatic carbocycles. The molecule has 4 nitrogen and oxygen atoms in total. The lowest BCUT2D eigenvalue weighted by molar-refractivity contribution is 0.165. The normalized spacial score (nSPS) is 19.3. The molecule has 20 heavy (non-hydrogen) atoms. The third kappa shape index (κ3) is 4.01. The first-order valence-electron chi connectivity index (χ1n) is 6.51. The SMILES string of the molecule is COc1cc(Br)c(CN2CCNC[C@H]2C)cc1OC.Cl. The standard InChI is InChI=1S/C14H21BrN2O2.ClH/c1-10-8-16-4-5-17(10)9-11-6-13(18-2)14(19-3)7-12(11)15;/h6-7,10,16H,4-5,8-9H2,1-3H3;1H/t10-;/m1./s1. The van der Waals surface area contributed by atoms with Gasteiger partial charge in [0, 0.05) is 36.7 Å². The molecule has 1 heterocycles. The van der Waals surface area contributed by atoms with Gasteiger partial charge in [-0.2, -0.15) is 0 Å². The second-order valence-electron chi connectivity index (χ2n) is 4.82. The third-order valence-corrected chi connectivity index (χ3v) is 4.30. The van der Waals surface area contributed by atoms with Gasteiger partial charge in [0.15, 0.2) is 11.5 Å². The summed E-state index contributed by atoms with van der Waals surface area (Å²) >= 11 is 3.62. The molecule has 0 amide bonds. The molecule has 0 bridgehead atoms. The van der Waals surface area contributed by atoms with E-state index in [2.05, 4.69) is 39.1 Å². The van der Waals surface area contributed by atoms with Crippen LogP contribution in [-0.4, -0.2) is 44.8 Å². The van der Waals surface area contributed by atoms with Gasteiger partial charge in [0.1, 0.15) is 0 Å². The number of methoxy groups -OCH3 is 2. The van der Waals surface area contributed by atoms with E-state index in [1.165, 1.54) is 5.56 Å². The van der Waals surface area contributed by atoms with Gasteiger partial charge in [0.05, 0.1) is 14.2 Å². The van der Waals surface area contributed by atoms with Gasteiger partial charge in [-0.05, 0) is 24.6 Å². The van der Waals surface area contributed by atoms with E-state index in [0.29, 0.717) is 6.04 Å². The molecular formula is C14H22BrClN2O2. The van der Waals surface area contributed by atoms with Crippen molar-refractivity contribution in [2.45, 2.75) is 19.5 Å². The van der Waals surface area contributed by atoms with Crippen LogP contribution < -0.4 is 14.8 Å². The Hall–Kier alpha value is -0.490. The Bertz CT molecular complexity index is 445. The highest BCUT2D eigenvalue weighted by atomic mass is 79.9. The highest BCUT2D eigenvalue weighted by Gasteiger charge is 2.19. The van der Waals surface area contributed by atoms with Gasteiger partial charge in [-0.1, -0.05) is 15.9 Å². The van der Waals surface area contributed by atoms with Crippen LogP contribution in [0.4, 0.5) is 0 Å². The van der Waals surface area contributed by atoms with Crippen molar-refractivity contribution in [3.63, 3.8) is 0 Å². The number of nitrogens with zero attached hydrogens (tertiary/aromatic N) is 1. The van der Waals surface area contributed by atoms with Crippen LogP contribution in [0.1, 0.15) is 12.5 Å². The highest BCUT2D eigenvalue weighted by Crippen LogP contribution is 2.34. The summed E-state index contributed by atoms with van der Waals surface area (Å²) in [6.45, 7) is 6.34. The van der Waals surface area contributed by atoms with Gasteiger partial charge in [0.2, 0.25) is 0 Å². The van der Waals surface area contributed by atoms with Gasteiger partial charge >= 0.3 is 0 Å². The maximum atomic E-state index is 5.37. The average molecular weight is 366 g/mol. The van der Waals surface area contributed by atoms with E-state index >= 15 is 0 Å². The maximum Gasteiger partial charge on any atom is 0.161 e. The fourth-order valence-electron chi connectivity index (χ4n) is 2.35. The average Bonchev–Trinajstić information content (AvgIpc) is 2.42. The van der Waals surface area contributed by atoms with E-state index in [4.69, 9.17) is 9.47 Å². The molecule has 0 spiro atoms. The summed E-state index contributed by atoms with van der Waals surface area (Å²) in [6.07, 6.45) is 0. The van der Waals surface area contributed by atoms with E-state index in [0.717, 1.165) is 42.2 Å². The molecule has 1 atom stereocenters. The van der Waals surface area contributed by atoms with E-state index < -0.39 is 0 Å². The molecule has 0 saturated carbocycles. The van der Waals surface area contributed by atoms with Crippen molar-refractivity contribution >= 4 is 28.3 Å². The van der Waals surface area contributed by atoms with Gasteiger partial charge in [-0.3, -0.25) is 4.90 Å². The number of ether oxygens (including phenoxy) is 2. The Morgan fingerprint density at radius 2 is 1.95 bits per heavy atom. The Kier molecular flexibility index (Phi) is 7.09. The molecule has 0 radical (unpaired) electrons. The molecule has 1 N–H and O–H groups in total. The summed E-state index contributed by atoms with van der Waals surface area (Å²) in [5, 5.41) is 3.41. The molecule has 114 valence electrons. The number of hydrogen-bond acceptors (Lipinski definition) is 4. The zero-order valence-electron chi connectivity index (χ0n) is 12.1. The van der Waals surface area contributed by atoms with Crippen LogP contribution in [-0.2, 0) is 6.54 Å². The zero-order valence-corrected chi connectivity index (χ0v) is 14.5. The molecule has 1 fully saturated rings. The molecule has 1 aliphatic rings. The van der Waals surface area contributed by atoms with Crippen LogP contribution in [0.3, 0.4) is 0 Å². The lowest BCUT2D eigenvalue weighted by atomic mass is 10.1. The predicted molar refractivity (Wildman–Crippen MR) is 87.2 cm³/mol.